The number of ether oxygens (including phenoxy) is 2. The van der Waals surface area contributed by atoms with Gasteiger partial charge in [0.1, 0.15) is 5.60 Å². The lowest BCUT2D eigenvalue weighted by molar-refractivity contribution is -0.171. The Morgan fingerprint density at radius 1 is 1.25 bits per heavy atom. The second-order valence-electron chi connectivity index (χ2n) is 6.73. The quantitative estimate of drug-likeness (QED) is 0.586. The van der Waals surface area contributed by atoms with Gasteiger partial charge in [-0.3, -0.25) is 4.79 Å². The van der Waals surface area contributed by atoms with E-state index in [1.54, 1.807) is 0 Å². The topological polar surface area (TPSA) is 52.6 Å². The molecule has 3 aliphatic carbocycles. The minimum atomic E-state index is -0.456. The lowest BCUT2D eigenvalue weighted by Crippen LogP contribution is -2.33. The number of carbonyl (C=O) groups is 2. The van der Waals surface area contributed by atoms with Crippen LogP contribution in [0.4, 0.5) is 0 Å². The number of hydrogen-bond acceptors (Lipinski definition) is 4. The van der Waals surface area contributed by atoms with Crippen LogP contribution in [0.25, 0.3) is 0 Å². The van der Waals surface area contributed by atoms with E-state index in [9.17, 15) is 9.59 Å². The SMILES string of the molecule is CC1(OC(=O)COC(=O)C23C=CC(CC2)C3)CCCC1. The summed E-state index contributed by atoms with van der Waals surface area (Å²) in [6.45, 7) is 1.70. The normalized spacial score (nSPS) is 33.4. The van der Waals surface area contributed by atoms with Crippen molar-refractivity contribution in [3.8, 4) is 0 Å². The number of rotatable bonds is 4. The van der Waals surface area contributed by atoms with Gasteiger partial charge in [0.2, 0.25) is 0 Å². The number of carbonyl (C=O) groups excluding carboxylic acids is 2. The van der Waals surface area contributed by atoms with Gasteiger partial charge in [0.05, 0.1) is 5.41 Å². The molecule has 0 aliphatic heterocycles. The molecule has 0 saturated heterocycles. The van der Waals surface area contributed by atoms with Gasteiger partial charge in [0, 0.05) is 0 Å². The Hall–Kier alpha value is -1.32. The Kier molecular flexibility index (Phi) is 3.35. The number of allylic oxidation sites excluding steroid dienone is 1. The molecule has 0 aromatic carbocycles. The monoisotopic (exact) mass is 278 g/mol. The van der Waals surface area contributed by atoms with Gasteiger partial charge in [-0.2, -0.15) is 0 Å². The van der Waals surface area contributed by atoms with Gasteiger partial charge in [0.15, 0.2) is 6.61 Å². The van der Waals surface area contributed by atoms with Crippen molar-refractivity contribution in [3.05, 3.63) is 12.2 Å². The first-order chi connectivity index (χ1) is 9.51. The highest BCUT2D eigenvalue weighted by Gasteiger charge is 2.47. The second kappa shape index (κ2) is 4.90. The van der Waals surface area contributed by atoms with Gasteiger partial charge in [-0.1, -0.05) is 12.2 Å². The minimum absolute atomic E-state index is 0.255. The molecular weight excluding hydrogens is 256 g/mol. The predicted octanol–water partition coefficient (Wildman–Crippen LogP) is 2.76. The third-order valence-corrected chi connectivity index (χ3v) is 5.02. The van der Waals surface area contributed by atoms with Crippen LogP contribution in [0.5, 0.6) is 0 Å². The summed E-state index contributed by atoms with van der Waals surface area (Å²) < 4.78 is 10.7. The van der Waals surface area contributed by atoms with Crippen LogP contribution in [0.2, 0.25) is 0 Å². The van der Waals surface area contributed by atoms with Crippen molar-refractivity contribution < 1.29 is 19.1 Å². The van der Waals surface area contributed by atoms with E-state index >= 15 is 0 Å². The molecule has 110 valence electrons. The Bertz CT molecular complexity index is 447. The number of hydrogen-bond donors (Lipinski definition) is 0. The molecule has 2 unspecified atom stereocenters. The molecule has 3 rings (SSSR count). The standard InChI is InChI=1S/C16H22O4/c1-15(6-2-3-7-15)20-13(17)11-19-14(18)16-8-4-12(10-16)5-9-16/h4,8,12H,2-3,5-7,9-11H2,1H3. The fourth-order valence-corrected chi connectivity index (χ4v) is 3.80. The molecule has 0 N–H and O–H groups in total. The van der Waals surface area contributed by atoms with Gasteiger partial charge in [-0.15, -0.1) is 0 Å². The maximum absolute atomic E-state index is 12.2. The molecule has 2 bridgehead atoms. The van der Waals surface area contributed by atoms with Crippen LogP contribution in [0.3, 0.4) is 0 Å². The largest absolute Gasteiger partial charge is 0.457 e. The molecule has 20 heavy (non-hydrogen) atoms. The highest BCUT2D eigenvalue weighted by atomic mass is 16.6. The van der Waals surface area contributed by atoms with Crippen LogP contribution < -0.4 is 0 Å². The Morgan fingerprint density at radius 3 is 2.55 bits per heavy atom. The molecule has 0 spiro atoms. The van der Waals surface area contributed by atoms with Gasteiger partial charge >= 0.3 is 11.9 Å². The van der Waals surface area contributed by atoms with Gasteiger partial charge in [0.25, 0.3) is 0 Å². The maximum Gasteiger partial charge on any atom is 0.344 e. The number of fused-ring (bicyclic) bond motifs is 2. The van der Waals surface area contributed by atoms with E-state index in [0.717, 1.165) is 44.9 Å². The van der Waals surface area contributed by atoms with Crippen molar-refractivity contribution in [2.45, 2.75) is 57.5 Å². The van der Waals surface area contributed by atoms with Crippen LogP contribution in [-0.2, 0) is 19.1 Å². The van der Waals surface area contributed by atoms with E-state index in [0.29, 0.717) is 5.92 Å². The smallest absolute Gasteiger partial charge is 0.344 e. The van der Waals surface area contributed by atoms with Crippen LogP contribution >= 0.6 is 0 Å². The van der Waals surface area contributed by atoms with E-state index in [4.69, 9.17) is 9.47 Å². The van der Waals surface area contributed by atoms with Crippen molar-refractivity contribution in [2.24, 2.45) is 11.3 Å². The summed E-state index contributed by atoms with van der Waals surface area (Å²) in [7, 11) is 0. The molecule has 2 atom stereocenters. The molecule has 0 heterocycles. The number of esters is 2. The summed E-state index contributed by atoms with van der Waals surface area (Å²) in [5.74, 6) is -0.162. The molecule has 2 saturated carbocycles. The first kappa shape index (κ1) is 13.7. The van der Waals surface area contributed by atoms with Crippen molar-refractivity contribution in [2.75, 3.05) is 6.61 Å². The first-order valence-corrected chi connectivity index (χ1v) is 7.60. The average Bonchev–Trinajstić information content (AvgIpc) is 3.12. The third kappa shape index (κ3) is 2.48. The van der Waals surface area contributed by atoms with E-state index < -0.39 is 11.4 Å². The summed E-state index contributed by atoms with van der Waals surface area (Å²) in [4.78, 5) is 24.0. The Labute approximate surface area is 119 Å². The molecule has 3 aliphatic rings. The highest BCUT2D eigenvalue weighted by molar-refractivity contribution is 5.83. The summed E-state index contributed by atoms with van der Waals surface area (Å²) in [6.07, 6.45) is 10.8. The third-order valence-electron chi connectivity index (χ3n) is 5.02. The summed E-state index contributed by atoms with van der Waals surface area (Å²) in [5.41, 5.74) is -0.810. The fourth-order valence-electron chi connectivity index (χ4n) is 3.80. The van der Waals surface area contributed by atoms with E-state index in [2.05, 4.69) is 6.08 Å². The van der Waals surface area contributed by atoms with Crippen molar-refractivity contribution >= 4 is 11.9 Å². The molecule has 0 aromatic heterocycles. The first-order valence-electron chi connectivity index (χ1n) is 7.60. The fraction of sp³-hybridized carbons (Fsp3) is 0.750. The van der Waals surface area contributed by atoms with Crippen molar-refractivity contribution in [1.82, 2.24) is 0 Å². The summed E-state index contributed by atoms with van der Waals surface area (Å²) in [5, 5.41) is 0. The van der Waals surface area contributed by atoms with Crippen LogP contribution in [0, 0.1) is 11.3 Å². The summed E-state index contributed by atoms with van der Waals surface area (Å²) in [6, 6.07) is 0. The lowest BCUT2D eigenvalue weighted by Gasteiger charge is -2.25. The highest BCUT2D eigenvalue weighted by Crippen LogP contribution is 2.49. The van der Waals surface area contributed by atoms with Gasteiger partial charge in [-0.25, -0.2) is 4.79 Å². The second-order valence-corrected chi connectivity index (χ2v) is 6.73. The molecule has 2 fully saturated rings. The van der Waals surface area contributed by atoms with Crippen LogP contribution in [0.1, 0.15) is 51.9 Å². The van der Waals surface area contributed by atoms with E-state index in [1.807, 2.05) is 13.0 Å². The van der Waals surface area contributed by atoms with Crippen molar-refractivity contribution in [3.63, 3.8) is 0 Å². The molecule has 0 amide bonds. The van der Waals surface area contributed by atoms with Crippen LogP contribution in [-0.4, -0.2) is 24.1 Å². The van der Waals surface area contributed by atoms with E-state index in [-0.39, 0.29) is 18.2 Å². The zero-order valence-electron chi connectivity index (χ0n) is 12.0. The lowest BCUT2D eigenvalue weighted by atomic mass is 9.88. The van der Waals surface area contributed by atoms with Crippen LogP contribution in [0.15, 0.2) is 12.2 Å². The summed E-state index contributed by atoms with van der Waals surface area (Å²) >= 11 is 0. The minimum Gasteiger partial charge on any atom is -0.457 e. The molecule has 4 nitrogen and oxygen atoms in total. The van der Waals surface area contributed by atoms with Gasteiger partial charge < -0.3 is 9.47 Å². The zero-order valence-corrected chi connectivity index (χ0v) is 12.0. The predicted molar refractivity (Wildman–Crippen MR) is 72.8 cm³/mol. The Balaban J connectivity index is 1.48. The van der Waals surface area contributed by atoms with Crippen molar-refractivity contribution in [1.29, 1.82) is 0 Å². The van der Waals surface area contributed by atoms with E-state index in [1.165, 1.54) is 0 Å². The average molecular weight is 278 g/mol. The maximum atomic E-state index is 12.2. The molecule has 0 radical (unpaired) electrons. The zero-order chi connectivity index (χ0) is 14.2. The molecule has 0 aromatic rings. The molecule has 4 heteroatoms. The molecular formula is C16H22O4. The van der Waals surface area contributed by atoms with Gasteiger partial charge in [-0.05, 0) is 57.8 Å². The Morgan fingerprint density at radius 2 is 2.00 bits per heavy atom.